The predicted molar refractivity (Wildman–Crippen MR) is 123 cm³/mol. The van der Waals surface area contributed by atoms with Crippen molar-refractivity contribution in [1.29, 1.82) is 0 Å². The lowest BCUT2D eigenvalue weighted by Gasteiger charge is -2.33. The number of benzene rings is 2. The maximum Gasteiger partial charge on any atom is 0.491 e. The van der Waals surface area contributed by atoms with Gasteiger partial charge in [-0.1, -0.05) is 30.3 Å². The summed E-state index contributed by atoms with van der Waals surface area (Å²) in [6.45, 7) is 1.71. The summed E-state index contributed by atoms with van der Waals surface area (Å²) in [6, 6.07) is 10.8. The van der Waals surface area contributed by atoms with Gasteiger partial charge in [0.1, 0.15) is 11.1 Å². The number of amides is 2. The molecular formula is C22H21F3N4O6S. The maximum atomic E-state index is 12.5. The van der Waals surface area contributed by atoms with Crippen LogP contribution in [0.1, 0.15) is 40.2 Å². The SMILES string of the molecule is Cc1cc(C[C@H](NC(=O)OC(=O)C(F)(F)F)c2nc3ccccc3[nH]2)ccc1C1CC(=O)NS1(O)O. The lowest BCUT2D eigenvalue weighted by molar-refractivity contribution is -0.192. The highest BCUT2D eigenvalue weighted by Crippen LogP contribution is 2.56. The topological polar surface area (TPSA) is 154 Å². The van der Waals surface area contributed by atoms with Crippen LogP contribution in [-0.4, -0.2) is 43.2 Å². The molecule has 1 unspecified atom stereocenters. The van der Waals surface area contributed by atoms with Gasteiger partial charge in [-0.05, 0) is 35.7 Å². The number of aryl methyl sites for hydroxylation is 1. The number of esters is 1. The fraction of sp³-hybridized carbons (Fsp3) is 0.273. The Labute approximate surface area is 203 Å². The first kappa shape index (κ1) is 25.5. The lowest BCUT2D eigenvalue weighted by Crippen LogP contribution is -2.36. The van der Waals surface area contributed by atoms with Crippen LogP contribution in [0.2, 0.25) is 0 Å². The average molecular weight is 526 g/mol. The van der Waals surface area contributed by atoms with Crippen molar-refractivity contribution in [2.75, 3.05) is 0 Å². The number of imidazole rings is 1. The minimum Gasteiger partial charge on any atom is -0.369 e. The number of fused-ring (bicyclic) bond motifs is 1. The van der Waals surface area contributed by atoms with E-state index in [2.05, 4.69) is 24.7 Å². The molecule has 1 aliphatic heterocycles. The Bertz CT molecular complexity index is 1310. The first-order valence-corrected chi connectivity index (χ1v) is 12.2. The molecule has 0 bridgehead atoms. The summed E-state index contributed by atoms with van der Waals surface area (Å²) in [6.07, 6.45) is -6.99. The molecule has 2 amide bonds. The second-order valence-corrected chi connectivity index (χ2v) is 10.2. The molecule has 4 rings (SSSR count). The average Bonchev–Trinajstić information content (AvgIpc) is 3.32. The van der Waals surface area contributed by atoms with E-state index in [4.69, 9.17) is 0 Å². The molecule has 3 aromatic rings. The van der Waals surface area contributed by atoms with Gasteiger partial charge in [-0.2, -0.15) is 13.2 Å². The number of para-hydroxylation sites is 2. The highest BCUT2D eigenvalue weighted by Gasteiger charge is 2.43. The maximum absolute atomic E-state index is 12.5. The van der Waals surface area contributed by atoms with Crippen molar-refractivity contribution < 1.29 is 41.4 Å². The van der Waals surface area contributed by atoms with Crippen molar-refractivity contribution in [1.82, 2.24) is 20.0 Å². The zero-order valence-corrected chi connectivity index (χ0v) is 19.4. The quantitative estimate of drug-likeness (QED) is 0.247. The van der Waals surface area contributed by atoms with E-state index in [1.807, 2.05) is 0 Å². The number of ether oxygens (including phenoxy) is 1. The van der Waals surface area contributed by atoms with Gasteiger partial charge in [-0.3, -0.25) is 18.6 Å². The lowest BCUT2D eigenvalue weighted by atomic mass is 9.97. The Hall–Kier alpha value is -3.62. The van der Waals surface area contributed by atoms with Gasteiger partial charge in [0.2, 0.25) is 5.91 Å². The van der Waals surface area contributed by atoms with Gasteiger partial charge in [0.05, 0.1) is 23.5 Å². The van der Waals surface area contributed by atoms with Crippen molar-refractivity contribution in [2.24, 2.45) is 0 Å². The van der Waals surface area contributed by atoms with Crippen LogP contribution in [-0.2, 0) is 20.7 Å². The normalized spacial score (nSPS) is 18.9. The van der Waals surface area contributed by atoms with Gasteiger partial charge in [0, 0.05) is 6.42 Å². The fourth-order valence-electron chi connectivity index (χ4n) is 3.98. The molecule has 0 radical (unpaired) electrons. The highest BCUT2D eigenvalue weighted by molar-refractivity contribution is 8.23. The second-order valence-electron chi connectivity index (χ2n) is 8.22. The third-order valence-corrected chi connectivity index (χ3v) is 7.34. The molecular weight excluding hydrogens is 505 g/mol. The number of H-pyrrole nitrogens is 1. The molecule has 0 aliphatic carbocycles. The van der Waals surface area contributed by atoms with E-state index < -0.39 is 46.2 Å². The number of aromatic amines is 1. The molecule has 14 heteroatoms. The molecule has 5 N–H and O–H groups in total. The second kappa shape index (κ2) is 9.44. The number of halogens is 3. The molecule has 2 atom stereocenters. The van der Waals surface area contributed by atoms with Gasteiger partial charge >= 0.3 is 18.2 Å². The molecule has 36 heavy (non-hydrogen) atoms. The van der Waals surface area contributed by atoms with E-state index in [0.29, 0.717) is 27.7 Å². The molecule has 1 aromatic heterocycles. The van der Waals surface area contributed by atoms with Crippen LogP contribution in [0, 0.1) is 6.92 Å². The summed E-state index contributed by atoms with van der Waals surface area (Å²) in [5, 5.41) is 1.42. The van der Waals surface area contributed by atoms with Crippen LogP contribution in [0.25, 0.3) is 11.0 Å². The molecule has 0 saturated carbocycles. The minimum absolute atomic E-state index is 0.0361. The standard InChI is InChI=1S/C22H21F3N4O6S/c1-11-8-12(6-7-13(11)17-10-18(30)29-36(17,33)34)9-16(28-21(32)35-20(31)22(23,24)25)19-26-14-4-2-3-5-15(14)27-19/h2-8,16-17,33-34H,9-10H2,1H3,(H,26,27)(H,28,32)(H,29,30)/t16-,17?/m0/s1. The van der Waals surface area contributed by atoms with Crippen LogP contribution in [0.3, 0.4) is 0 Å². The molecule has 0 spiro atoms. The summed E-state index contributed by atoms with van der Waals surface area (Å²) in [7, 11) is -3.36. The van der Waals surface area contributed by atoms with Crippen molar-refractivity contribution in [3.63, 3.8) is 0 Å². The Morgan fingerprint density at radius 2 is 1.97 bits per heavy atom. The number of nitrogens with one attached hydrogen (secondary N) is 3. The van der Waals surface area contributed by atoms with Crippen molar-refractivity contribution in [3.8, 4) is 0 Å². The number of nitrogens with zero attached hydrogens (tertiary/aromatic N) is 1. The molecule has 1 fully saturated rings. The van der Waals surface area contributed by atoms with Crippen molar-refractivity contribution in [3.05, 3.63) is 65.0 Å². The Morgan fingerprint density at radius 3 is 2.58 bits per heavy atom. The smallest absolute Gasteiger partial charge is 0.369 e. The monoisotopic (exact) mass is 526 g/mol. The summed E-state index contributed by atoms with van der Waals surface area (Å²) in [5.41, 5.74) is 2.95. The zero-order valence-electron chi connectivity index (χ0n) is 18.6. The number of carbonyl (C=O) groups is 3. The van der Waals surface area contributed by atoms with Crippen LogP contribution in [0.15, 0.2) is 42.5 Å². The molecule has 192 valence electrons. The number of rotatable bonds is 5. The molecule has 1 saturated heterocycles. The number of alkyl carbamates (subject to hydrolysis) is 1. The Balaban J connectivity index is 1.60. The fourth-order valence-corrected chi connectivity index (χ4v) is 5.54. The number of carbonyl (C=O) groups excluding carboxylic acids is 3. The Kier molecular flexibility index (Phi) is 6.68. The number of alkyl halides is 3. The zero-order chi connectivity index (χ0) is 26.3. The van der Waals surface area contributed by atoms with E-state index >= 15 is 0 Å². The van der Waals surface area contributed by atoms with Crippen molar-refractivity contribution in [2.45, 2.75) is 37.2 Å². The van der Waals surface area contributed by atoms with Crippen LogP contribution in [0.4, 0.5) is 18.0 Å². The first-order chi connectivity index (χ1) is 16.8. The molecule has 2 aromatic carbocycles. The van der Waals surface area contributed by atoms with Gasteiger partial charge in [-0.15, -0.1) is 10.8 Å². The van der Waals surface area contributed by atoms with Gasteiger partial charge in [-0.25, -0.2) is 14.6 Å². The van der Waals surface area contributed by atoms with Gasteiger partial charge in [0.25, 0.3) is 0 Å². The first-order valence-electron chi connectivity index (χ1n) is 10.5. The predicted octanol–water partition coefficient (Wildman–Crippen LogP) is 4.20. The van der Waals surface area contributed by atoms with Crippen LogP contribution >= 0.6 is 10.8 Å². The molecule has 1 aliphatic rings. The van der Waals surface area contributed by atoms with Crippen molar-refractivity contribution >= 4 is 39.8 Å². The molecule has 2 heterocycles. The van der Waals surface area contributed by atoms with E-state index in [1.54, 1.807) is 49.4 Å². The summed E-state index contributed by atoms with van der Waals surface area (Å²) in [4.78, 5) is 42.2. The van der Waals surface area contributed by atoms with E-state index in [0.717, 1.165) is 0 Å². The number of hydrogen-bond acceptors (Lipinski definition) is 7. The van der Waals surface area contributed by atoms with E-state index in [-0.39, 0.29) is 18.7 Å². The third kappa shape index (κ3) is 5.45. The largest absolute Gasteiger partial charge is 0.491 e. The molecule has 10 nitrogen and oxygen atoms in total. The van der Waals surface area contributed by atoms with E-state index in [1.165, 1.54) is 0 Å². The van der Waals surface area contributed by atoms with Crippen LogP contribution < -0.4 is 10.0 Å². The van der Waals surface area contributed by atoms with Gasteiger partial charge in [0.15, 0.2) is 0 Å². The Morgan fingerprint density at radius 1 is 1.25 bits per heavy atom. The number of aromatic nitrogens is 2. The number of hydrogen-bond donors (Lipinski definition) is 5. The summed E-state index contributed by atoms with van der Waals surface area (Å²) < 4.78 is 64.0. The van der Waals surface area contributed by atoms with Crippen LogP contribution in [0.5, 0.6) is 0 Å². The summed E-state index contributed by atoms with van der Waals surface area (Å²) in [5.74, 6) is -2.92. The van der Waals surface area contributed by atoms with E-state index in [9.17, 15) is 36.7 Å². The summed E-state index contributed by atoms with van der Waals surface area (Å²) >= 11 is 0. The minimum atomic E-state index is -5.34. The highest BCUT2D eigenvalue weighted by atomic mass is 32.3. The van der Waals surface area contributed by atoms with Gasteiger partial charge < -0.3 is 15.0 Å². The third-order valence-electron chi connectivity index (χ3n) is 5.60.